The van der Waals surface area contributed by atoms with Crippen LogP contribution in [0.15, 0.2) is 58.5 Å². The SMILES string of the molecule is N#CC(=Cc1ccc(-c2cccc(Cl)c2Cl)o1)C(=O)Nc1ccc(F)c(Cl)c1. The zero-order chi connectivity index (χ0) is 20.3. The summed E-state index contributed by atoms with van der Waals surface area (Å²) in [4.78, 5) is 12.3. The number of nitrogens with one attached hydrogen (secondary N) is 1. The van der Waals surface area contributed by atoms with Gasteiger partial charge in [0.15, 0.2) is 0 Å². The van der Waals surface area contributed by atoms with E-state index in [4.69, 9.17) is 39.2 Å². The molecule has 3 rings (SSSR count). The fraction of sp³-hybridized carbons (Fsp3) is 0. The van der Waals surface area contributed by atoms with Gasteiger partial charge in [0, 0.05) is 17.3 Å². The molecule has 1 amide bonds. The molecule has 0 atom stereocenters. The van der Waals surface area contributed by atoms with Crippen LogP contribution in [0.3, 0.4) is 0 Å². The van der Waals surface area contributed by atoms with Crippen molar-refractivity contribution < 1.29 is 13.6 Å². The molecule has 140 valence electrons. The molecule has 0 aliphatic carbocycles. The lowest BCUT2D eigenvalue weighted by Crippen LogP contribution is -2.13. The van der Waals surface area contributed by atoms with Crippen molar-refractivity contribution in [2.75, 3.05) is 5.32 Å². The lowest BCUT2D eigenvalue weighted by atomic mass is 10.2. The van der Waals surface area contributed by atoms with Gasteiger partial charge >= 0.3 is 0 Å². The van der Waals surface area contributed by atoms with Crippen molar-refractivity contribution in [2.24, 2.45) is 0 Å². The number of carbonyl (C=O) groups excluding carboxylic acids is 1. The number of hydrogen-bond donors (Lipinski definition) is 1. The summed E-state index contributed by atoms with van der Waals surface area (Å²) < 4.78 is 18.9. The van der Waals surface area contributed by atoms with Gasteiger partial charge in [-0.05, 0) is 42.5 Å². The molecule has 0 unspecified atom stereocenters. The Kier molecular flexibility index (Phi) is 6.05. The minimum atomic E-state index is -0.691. The molecule has 1 N–H and O–H groups in total. The standard InChI is InChI=1S/C20H10Cl3FN2O2/c21-15-3-1-2-14(19(15)23)18-7-5-13(28-18)8-11(10-25)20(27)26-12-4-6-17(24)16(22)9-12/h1-9H,(H,26,27). The molecular formula is C20H10Cl3FN2O2. The molecule has 0 bridgehead atoms. The summed E-state index contributed by atoms with van der Waals surface area (Å²) >= 11 is 17.9. The number of benzene rings is 2. The highest BCUT2D eigenvalue weighted by Crippen LogP contribution is 2.34. The number of nitriles is 1. The van der Waals surface area contributed by atoms with E-state index in [2.05, 4.69) is 5.32 Å². The summed E-state index contributed by atoms with van der Waals surface area (Å²) in [7, 11) is 0. The van der Waals surface area contributed by atoms with E-state index in [0.717, 1.165) is 6.07 Å². The number of amides is 1. The van der Waals surface area contributed by atoms with E-state index in [-0.39, 0.29) is 22.0 Å². The summed E-state index contributed by atoms with van der Waals surface area (Å²) in [5.74, 6) is -0.598. The second kappa shape index (κ2) is 8.49. The Balaban J connectivity index is 1.84. The summed E-state index contributed by atoms with van der Waals surface area (Å²) in [6.45, 7) is 0. The molecule has 0 spiro atoms. The van der Waals surface area contributed by atoms with Crippen molar-refractivity contribution in [3.05, 3.63) is 80.7 Å². The molecule has 0 saturated carbocycles. The molecule has 4 nitrogen and oxygen atoms in total. The third kappa shape index (κ3) is 4.37. The van der Waals surface area contributed by atoms with Crippen LogP contribution in [0.1, 0.15) is 5.76 Å². The molecule has 1 aromatic heterocycles. The fourth-order valence-electron chi connectivity index (χ4n) is 2.33. The van der Waals surface area contributed by atoms with Crippen LogP contribution in [0.25, 0.3) is 17.4 Å². The Morgan fingerprint density at radius 1 is 1.11 bits per heavy atom. The maximum atomic E-state index is 13.2. The second-order valence-electron chi connectivity index (χ2n) is 5.56. The van der Waals surface area contributed by atoms with E-state index < -0.39 is 11.7 Å². The summed E-state index contributed by atoms with van der Waals surface area (Å²) in [6, 6.07) is 13.8. The van der Waals surface area contributed by atoms with Crippen LogP contribution in [-0.4, -0.2) is 5.91 Å². The van der Waals surface area contributed by atoms with Gasteiger partial charge in [-0.1, -0.05) is 40.9 Å². The van der Waals surface area contributed by atoms with Crippen molar-refractivity contribution in [3.63, 3.8) is 0 Å². The van der Waals surface area contributed by atoms with Crippen molar-refractivity contribution in [1.82, 2.24) is 0 Å². The van der Waals surface area contributed by atoms with E-state index in [0.29, 0.717) is 21.4 Å². The number of halogens is 4. The first kappa shape index (κ1) is 20.0. The van der Waals surface area contributed by atoms with Gasteiger partial charge in [0.2, 0.25) is 0 Å². The Morgan fingerprint density at radius 2 is 1.89 bits per heavy atom. The predicted molar refractivity (Wildman–Crippen MR) is 108 cm³/mol. The average Bonchev–Trinajstić information content (AvgIpc) is 3.13. The highest BCUT2D eigenvalue weighted by Gasteiger charge is 2.14. The van der Waals surface area contributed by atoms with Crippen LogP contribution >= 0.6 is 34.8 Å². The quantitative estimate of drug-likeness (QED) is 0.371. The van der Waals surface area contributed by atoms with Gasteiger partial charge in [-0.2, -0.15) is 5.26 Å². The Hall–Kier alpha value is -2.78. The third-order valence-corrected chi connectivity index (χ3v) is 4.78. The van der Waals surface area contributed by atoms with Crippen molar-refractivity contribution in [1.29, 1.82) is 5.26 Å². The molecule has 3 aromatic rings. The van der Waals surface area contributed by atoms with E-state index in [1.165, 1.54) is 18.2 Å². The van der Waals surface area contributed by atoms with Gasteiger partial charge in [0.1, 0.15) is 29.0 Å². The van der Waals surface area contributed by atoms with Crippen LogP contribution < -0.4 is 5.32 Å². The van der Waals surface area contributed by atoms with Crippen molar-refractivity contribution in [3.8, 4) is 17.4 Å². The highest BCUT2D eigenvalue weighted by atomic mass is 35.5. The molecule has 8 heteroatoms. The minimum Gasteiger partial charge on any atom is -0.457 e. The van der Waals surface area contributed by atoms with E-state index >= 15 is 0 Å². The normalized spacial score (nSPS) is 11.2. The number of carbonyl (C=O) groups is 1. The largest absolute Gasteiger partial charge is 0.457 e. The monoisotopic (exact) mass is 434 g/mol. The molecule has 0 saturated heterocycles. The Morgan fingerprint density at radius 3 is 2.61 bits per heavy atom. The van der Waals surface area contributed by atoms with Gasteiger partial charge in [-0.25, -0.2) is 4.39 Å². The number of rotatable bonds is 4. The van der Waals surface area contributed by atoms with Crippen LogP contribution in [0.2, 0.25) is 15.1 Å². The molecular weight excluding hydrogens is 426 g/mol. The minimum absolute atomic E-state index is 0.144. The molecule has 0 fully saturated rings. The molecule has 0 aliphatic rings. The van der Waals surface area contributed by atoms with Gasteiger partial charge in [0.05, 0.1) is 15.1 Å². The first-order valence-electron chi connectivity index (χ1n) is 7.81. The van der Waals surface area contributed by atoms with E-state index in [1.807, 2.05) is 0 Å². The van der Waals surface area contributed by atoms with Gasteiger partial charge in [0.25, 0.3) is 5.91 Å². The van der Waals surface area contributed by atoms with Crippen LogP contribution in [0, 0.1) is 17.1 Å². The van der Waals surface area contributed by atoms with Crippen LogP contribution in [0.4, 0.5) is 10.1 Å². The third-order valence-electron chi connectivity index (χ3n) is 3.67. The summed E-state index contributed by atoms with van der Waals surface area (Å²) in [5, 5.41) is 12.3. The number of nitrogens with zero attached hydrogens (tertiary/aromatic N) is 1. The number of anilines is 1. The maximum absolute atomic E-state index is 13.2. The highest BCUT2D eigenvalue weighted by molar-refractivity contribution is 6.43. The lowest BCUT2D eigenvalue weighted by Gasteiger charge is -2.05. The second-order valence-corrected chi connectivity index (χ2v) is 6.75. The maximum Gasteiger partial charge on any atom is 0.266 e. The van der Waals surface area contributed by atoms with Crippen LogP contribution in [-0.2, 0) is 4.79 Å². The van der Waals surface area contributed by atoms with Crippen molar-refractivity contribution in [2.45, 2.75) is 0 Å². The number of furan rings is 1. The zero-order valence-electron chi connectivity index (χ0n) is 14.0. The molecule has 0 aliphatic heterocycles. The smallest absolute Gasteiger partial charge is 0.266 e. The fourth-order valence-corrected chi connectivity index (χ4v) is 2.91. The summed E-state index contributed by atoms with van der Waals surface area (Å²) in [5.41, 5.74) is 0.625. The van der Waals surface area contributed by atoms with Crippen LogP contribution in [0.5, 0.6) is 0 Å². The number of hydrogen-bond acceptors (Lipinski definition) is 3. The molecule has 1 heterocycles. The predicted octanol–water partition coefficient (Wildman–Crippen LogP) is 6.59. The average molecular weight is 436 g/mol. The molecule has 2 aromatic carbocycles. The van der Waals surface area contributed by atoms with E-state index in [9.17, 15) is 14.4 Å². The zero-order valence-corrected chi connectivity index (χ0v) is 16.2. The van der Waals surface area contributed by atoms with Gasteiger partial charge in [-0.15, -0.1) is 0 Å². The van der Waals surface area contributed by atoms with Crippen molar-refractivity contribution >= 4 is 52.5 Å². The summed E-state index contributed by atoms with van der Waals surface area (Å²) in [6.07, 6.45) is 1.28. The van der Waals surface area contributed by atoms with Gasteiger partial charge < -0.3 is 9.73 Å². The van der Waals surface area contributed by atoms with Gasteiger partial charge in [-0.3, -0.25) is 4.79 Å². The Bertz CT molecular complexity index is 1130. The molecule has 28 heavy (non-hydrogen) atoms. The topological polar surface area (TPSA) is 66.0 Å². The lowest BCUT2D eigenvalue weighted by molar-refractivity contribution is -0.112. The molecule has 0 radical (unpaired) electrons. The van der Waals surface area contributed by atoms with E-state index in [1.54, 1.807) is 36.4 Å². The first-order valence-corrected chi connectivity index (χ1v) is 8.95. The first-order chi connectivity index (χ1) is 13.4. The Labute approximate surface area is 174 Å².